The fourth-order valence-corrected chi connectivity index (χ4v) is 4.10. The molecule has 1 aliphatic rings. The first kappa shape index (κ1) is 19.2. The molecule has 33 heavy (non-hydrogen) atoms. The third-order valence-electron chi connectivity index (χ3n) is 5.72. The van der Waals surface area contributed by atoms with Crippen molar-refractivity contribution in [2.75, 3.05) is 5.32 Å². The SMILES string of the molecule is Cc1cc(-c2noc(-c3cccc(NC(=O)C4Cc5ccccc5O4)c3)n2)cc2[nH]cnc12. The zero-order valence-electron chi connectivity index (χ0n) is 17.7. The van der Waals surface area contributed by atoms with Crippen LogP contribution in [0.4, 0.5) is 5.69 Å². The summed E-state index contributed by atoms with van der Waals surface area (Å²) in [5, 5.41) is 7.07. The summed E-state index contributed by atoms with van der Waals surface area (Å²) in [4.78, 5) is 24.7. The van der Waals surface area contributed by atoms with Crippen LogP contribution in [0, 0.1) is 6.92 Å². The summed E-state index contributed by atoms with van der Waals surface area (Å²) in [6.45, 7) is 1.99. The normalized spacial score (nSPS) is 14.8. The summed E-state index contributed by atoms with van der Waals surface area (Å²) in [5.74, 6) is 1.41. The molecular formula is C25H19N5O3. The largest absolute Gasteiger partial charge is 0.480 e. The second-order valence-corrected chi connectivity index (χ2v) is 8.00. The van der Waals surface area contributed by atoms with E-state index in [2.05, 4.69) is 25.4 Å². The number of H-pyrrole nitrogens is 1. The van der Waals surface area contributed by atoms with E-state index in [9.17, 15) is 4.79 Å². The number of anilines is 1. The first-order chi connectivity index (χ1) is 16.1. The molecule has 1 unspecified atom stereocenters. The maximum absolute atomic E-state index is 12.7. The van der Waals surface area contributed by atoms with Crippen LogP contribution in [-0.4, -0.2) is 32.1 Å². The molecule has 2 N–H and O–H groups in total. The van der Waals surface area contributed by atoms with Crippen LogP contribution < -0.4 is 10.1 Å². The molecule has 1 amide bonds. The minimum atomic E-state index is -0.554. The van der Waals surface area contributed by atoms with E-state index in [1.54, 1.807) is 12.4 Å². The fraction of sp³-hybridized carbons (Fsp3) is 0.120. The molecule has 1 aliphatic heterocycles. The monoisotopic (exact) mass is 437 g/mol. The molecule has 5 aromatic rings. The molecule has 0 aliphatic carbocycles. The van der Waals surface area contributed by atoms with Crippen molar-refractivity contribution in [3.63, 3.8) is 0 Å². The molecule has 0 saturated carbocycles. The van der Waals surface area contributed by atoms with Gasteiger partial charge in [-0.05, 0) is 54.4 Å². The Kier molecular flexibility index (Phi) is 4.43. The number of rotatable bonds is 4. The number of carbonyl (C=O) groups excluding carboxylic acids is 1. The summed E-state index contributed by atoms with van der Waals surface area (Å²) >= 11 is 0. The lowest BCUT2D eigenvalue weighted by Gasteiger charge is -2.11. The minimum Gasteiger partial charge on any atom is -0.480 e. The van der Waals surface area contributed by atoms with E-state index >= 15 is 0 Å². The molecule has 2 aromatic heterocycles. The number of aryl methyl sites for hydroxylation is 1. The van der Waals surface area contributed by atoms with E-state index in [0.717, 1.165) is 33.5 Å². The molecular weight excluding hydrogens is 418 g/mol. The van der Waals surface area contributed by atoms with Gasteiger partial charge in [0.25, 0.3) is 11.8 Å². The van der Waals surface area contributed by atoms with E-state index in [-0.39, 0.29) is 5.91 Å². The smallest absolute Gasteiger partial charge is 0.265 e. The number of hydrogen-bond donors (Lipinski definition) is 2. The molecule has 0 radical (unpaired) electrons. The second-order valence-electron chi connectivity index (χ2n) is 8.00. The molecule has 0 fully saturated rings. The average Bonchev–Trinajstić information content (AvgIpc) is 3.58. The van der Waals surface area contributed by atoms with Gasteiger partial charge >= 0.3 is 0 Å². The predicted molar refractivity (Wildman–Crippen MR) is 123 cm³/mol. The molecule has 8 heteroatoms. The Morgan fingerprint density at radius 3 is 2.91 bits per heavy atom. The van der Waals surface area contributed by atoms with Gasteiger partial charge in [-0.2, -0.15) is 4.98 Å². The van der Waals surface area contributed by atoms with Gasteiger partial charge in [0.05, 0.1) is 17.4 Å². The van der Waals surface area contributed by atoms with Crippen LogP contribution in [0.25, 0.3) is 33.9 Å². The van der Waals surface area contributed by atoms with Gasteiger partial charge in [-0.15, -0.1) is 0 Å². The quantitative estimate of drug-likeness (QED) is 0.428. The lowest BCUT2D eigenvalue weighted by atomic mass is 10.1. The highest BCUT2D eigenvalue weighted by Gasteiger charge is 2.28. The molecule has 3 heterocycles. The van der Waals surface area contributed by atoms with Crippen molar-refractivity contribution in [3.05, 3.63) is 78.1 Å². The number of aromatic nitrogens is 4. The minimum absolute atomic E-state index is 0.196. The highest BCUT2D eigenvalue weighted by molar-refractivity contribution is 5.95. The Morgan fingerprint density at radius 2 is 2.00 bits per heavy atom. The van der Waals surface area contributed by atoms with Crippen molar-refractivity contribution < 1.29 is 14.1 Å². The Balaban J connectivity index is 1.22. The van der Waals surface area contributed by atoms with Gasteiger partial charge in [-0.25, -0.2) is 4.98 Å². The third-order valence-corrected chi connectivity index (χ3v) is 5.72. The predicted octanol–water partition coefficient (Wildman–Crippen LogP) is 4.53. The molecule has 0 saturated heterocycles. The lowest BCUT2D eigenvalue weighted by Crippen LogP contribution is -2.31. The second kappa shape index (κ2) is 7.59. The van der Waals surface area contributed by atoms with Crippen LogP contribution >= 0.6 is 0 Å². The van der Waals surface area contributed by atoms with Gasteiger partial charge in [0.2, 0.25) is 5.82 Å². The van der Waals surface area contributed by atoms with Crippen molar-refractivity contribution in [2.45, 2.75) is 19.4 Å². The van der Waals surface area contributed by atoms with Crippen molar-refractivity contribution in [2.24, 2.45) is 0 Å². The van der Waals surface area contributed by atoms with Gasteiger partial charge in [0, 0.05) is 23.2 Å². The Labute approximate surface area is 188 Å². The number of nitrogens with one attached hydrogen (secondary N) is 2. The first-order valence-electron chi connectivity index (χ1n) is 10.6. The topological polar surface area (TPSA) is 106 Å². The molecule has 0 bridgehead atoms. The zero-order valence-corrected chi connectivity index (χ0v) is 17.7. The molecule has 162 valence electrons. The highest BCUT2D eigenvalue weighted by atomic mass is 16.5. The standard InChI is InChI=1S/C25H19N5O3/c1-14-9-17(11-19-22(14)27-13-26-19)23-29-25(33-30-23)16-6-4-7-18(10-16)28-24(31)21-12-15-5-2-3-8-20(15)32-21/h2-11,13,21H,12H2,1H3,(H,26,27)(H,28,31). The third kappa shape index (κ3) is 3.51. The first-order valence-corrected chi connectivity index (χ1v) is 10.6. The summed E-state index contributed by atoms with van der Waals surface area (Å²) in [5.41, 5.74) is 6.07. The van der Waals surface area contributed by atoms with Crippen molar-refractivity contribution >= 4 is 22.6 Å². The van der Waals surface area contributed by atoms with Gasteiger partial charge in [0.1, 0.15) is 5.75 Å². The van der Waals surface area contributed by atoms with E-state index in [0.29, 0.717) is 29.4 Å². The number of carbonyl (C=O) groups is 1. The number of hydrogen-bond acceptors (Lipinski definition) is 6. The number of benzene rings is 3. The summed E-state index contributed by atoms with van der Waals surface area (Å²) < 4.78 is 11.3. The molecule has 0 spiro atoms. The van der Waals surface area contributed by atoms with E-state index in [1.165, 1.54) is 0 Å². The van der Waals surface area contributed by atoms with Crippen molar-refractivity contribution in [3.8, 4) is 28.6 Å². The van der Waals surface area contributed by atoms with Gasteiger partial charge < -0.3 is 19.6 Å². The number of para-hydroxylation sites is 1. The molecule has 1 atom stereocenters. The van der Waals surface area contributed by atoms with Crippen LogP contribution in [-0.2, 0) is 11.2 Å². The maximum atomic E-state index is 12.7. The van der Waals surface area contributed by atoms with Crippen molar-refractivity contribution in [1.82, 2.24) is 20.1 Å². The van der Waals surface area contributed by atoms with Crippen LogP contribution in [0.15, 0.2) is 71.5 Å². The number of imidazole rings is 1. The van der Waals surface area contributed by atoms with Gasteiger partial charge in [0.15, 0.2) is 6.10 Å². The van der Waals surface area contributed by atoms with E-state index in [4.69, 9.17) is 9.26 Å². The average molecular weight is 437 g/mol. The highest BCUT2D eigenvalue weighted by Crippen LogP contribution is 2.30. The van der Waals surface area contributed by atoms with E-state index in [1.807, 2.05) is 61.5 Å². The zero-order chi connectivity index (χ0) is 22.4. The molecule has 6 rings (SSSR count). The number of ether oxygens (including phenoxy) is 1. The molecule has 8 nitrogen and oxygen atoms in total. The van der Waals surface area contributed by atoms with Crippen LogP contribution in [0.5, 0.6) is 5.75 Å². The Bertz CT molecular complexity index is 1480. The van der Waals surface area contributed by atoms with Crippen LogP contribution in [0.1, 0.15) is 11.1 Å². The lowest BCUT2D eigenvalue weighted by molar-refractivity contribution is -0.122. The maximum Gasteiger partial charge on any atom is 0.265 e. The summed E-state index contributed by atoms with van der Waals surface area (Å²) in [6, 6.07) is 18.9. The summed E-state index contributed by atoms with van der Waals surface area (Å²) in [6.07, 6.45) is 1.66. The van der Waals surface area contributed by atoms with Gasteiger partial charge in [-0.3, -0.25) is 4.79 Å². The fourth-order valence-electron chi connectivity index (χ4n) is 4.10. The number of nitrogens with zero attached hydrogens (tertiary/aromatic N) is 3. The number of aromatic amines is 1. The summed E-state index contributed by atoms with van der Waals surface area (Å²) in [7, 11) is 0. The Hall–Kier alpha value is -4.46. The van der Waals surface area contributed by atoms with Crippen molar-refractivity contribution in [1.29, 1.82) is 0 Å². The van der Waals surface area contributed by atoms with Gasteiger partial charge in [-0.1, -0.05) is 29.4 Å². The van der Waals surface area contributed by atoms with Crippen LogP contribution in [0.2, 0.25) is 0 Å². The molecule has 3 aromatic carbocycles. The van der Waals surface area contributed by atoms with E-state index < -0.39 is 6.10 Å². The number of fused-ring (bicyclic) bond motifs is 2. The Morgan fingerprint density at radius 1 is 1.09 bits per heavy atom. The van der Waals surface area contributed by atoms with Crippen LogP contribution in [0.3, 0.4) is 0 Å². The number of amides is 1.